The van der Waals surface area contributed by atoms with Crippen molar-refractivity contribution in [3.05, 3.63) is 300 Å². The molecule has 2 spiro atoms. The summed E-state index contributed by atoms with van der Waals surface area (Å²) in [5.41, 5.74) is 10.7. The second-order valence-corrected chi connectivity index (χ2v) is 48.1. The van der Waals surface area contributed by atoms with Crippen molar-refractivity contribution in [1.82, 2.24) is 34.4 Å². The van der Waals surface area contributed by atoms with E-state index in [1.807, 2.05) is 111 Å². The van der Waals surface area contributed by atoms with Crippen LogP contribution in [0.3, 0.4) is 0 Å². The Morgan fingerprint density at radius 1 is 0.607 bits per heavy atom. The molecule has 12 heterocycles. The number of benzene rings is 6. The summed E-state index contributed by atoms with van der Waals surface area (Å²) in [7, 11) is 2.48. The molecule has 22 atom stereocenters. The Morgan fingerprint density at radius 3 is 1.59 bits per heavy atom. The van der Waals surface area contributed by atoms with Gasteiger partial charge in [0, 0.05) is 165 Å². The highest BCUT2D eigenvalue weighted by Gasteiger charge is 2.50. The molecule has 22 rings (SSSR count). The predicted molar refractivity (Wildman–Crippen MR) is 594 cm³/mol. The molecule has 796 valence electrons. The molecule has 2 saturated carbocycles. The highest BCUT2D eigenvalue weighted by molar-refractivity contribution is 7.94. The maximum Gasteiger partial charge on any atom is 0.286 e. The smallest absolute Gasteiger partial charge is 0.286 e. The fourth-order valence-electron chi connectivity index (χ4n) is 25.4. The molecular weight excluding hydrogens is 1970 g/mol. The Bertz CT molecular complexity index is 6820. The summed E-state index contributed by atoms with van der Waals surface area (Å²) in [6.45, 7) is 35.6. The van der Waals surface area contributed by atoms with Crippen molar-refractivity contribution < 1.29 is 71.4 Å². The van der Waals surface area contributed by atoms with Gasteiger partial charge in [0.15, 0.2) is 15.7 Å². The number of ether oxygens (including phenoxy) is 6. The second-order valence-electron chi connectivity index (χ2n) is 43.0. The standard InChI is InChI=1S/C41H51ClN4O6S.C40H50ClN5O6S.2C19H22N2O/c1-7-10-27(3)23-53(49,24-36(47)33-22-45(4)43-40(33)51-6)44-39(48)29-13-17-38-35(20-29)46(21-30-12-15-32(30)37(8-2)50-5)25-41(26-52-38)18-9-11-28-19-31(42)14-16-34(28)41;1-7-10-26(3)23-53(49,44-38(48)32-22-45(4)42-39(32)51-6)43-37(47)28-13-17-36-34(20-28)46(21-29-12-15-31(29)35(8-2)50-5)24-40(25-52-36)18-9-11-27-19-30(41)14-16-33(27)40;2*1-2-13-12-21-10-8-14(13)11-18(21)19(22)16-7-9-20-17-6-4-3-5-15(16)17/h7-8,13-14,16-17,19-20,22,27,30,32,37H,1-2,9-12,15,18,21,23-26H2,3-6H3;7-8,13-14,16-17,19-20,22,26,29,31,35H,1-2,9-12,15,18,21,23-25H2,3-6H3,(H,43,44,47,48,49);2*2-7,9,13-14,18-19,22H,1,8,10-12H2/t27-,30-,32+,37-,41-,53+;26-,29-,31+,35-,40-,53-;2*13?,14?,18?,19-/m0011/s1. The monoisotopic (exact) mass is 2110 g/mol. The number of carbonyl (C=O) groups excluding carboxylic acids is 3. The number of pyridine rings is 2. The molecule has 4 bridgehead atoms. The van der Waals surface area contributed by atoms with Crippen LogP contribution in [-0.2, 0) is 66.9 Å². The minimum absolute atomic E-state index is 0.0292. The first-order valence-electron chi connectivity index (χ1n) is 52.9. The van der Waals surface area contributed by atoms with Gasteiger partial charge in [0.2, 0.25) is 11.8 Å². The number of aliphatic hydroxyl groups excluding tert-OH is 2. The summed E-state index contributed by atoms with van der Waals surface area (Å²) < 4.78 is 79.9. The Labute approximate surface area is 893 Å². The van der Waals surface area contributed by atoms with E-state index in [9.17, 15) is 38.1 Å². The summed E-state index contributed by atoms with van der Waals surface area (Å²) in [5, 5.41) is 47.3. The first-order chi connectivity index (χ1) is 72.4. The van der Waals surface area contributed by atoms with E-state index in [2.05, 4.69) is 136 Å². The molecule has 8 unspecified atom stereocenters. The van der Waals surface area contributed by atoms with Crippen LogP contribution in [0.2, 0.25) is 10.0 Å². The van der Waals surface area contributed by atoms with Crippen molar-refractivity contribution >= 4 is 99.5 Å². The van der Waals surface area contributed by atoms with E-state index in [0.717, 1.165) is 164 Å². The quantitative estimate of drug-likeness (QED) is 0.0149. The number of nitrogens with one attached hydrogen (secondary N) is 1. The Balaban J connectivity index is 0.000000146. The Morgan fingerprint density at radius 2 is 1.11 bits per heavy atom. The van der Waals surface area contributed by atoms with Crippen LogP contribution < -0.4 is 38.8 Å². The topological polar surface area (TPSA) is 317 Å². The lowest BCUT2D eigenvalue weighted by molar-refractivity contribution is -0.949. The number of carbonyl (C=O) groups is 3. The maximum atomic E-state index is 14.6. The van der Waals surface area contributed by atoms with Crippen LogP contribution in [0.15, 0.2) is 247 Å². The first kappa shape index (κ1) is 110. The summed E-state index contributed by atoms with van der Waals surface area (Å²) >= 11 is 12.9. The maximum absolute atomic E-state index is 14.6. The van der Waals surface area contributed by atoms with E-state index < -0.39 is 61.1 Å². The molecule has 6 aromatic carbocycles. The van der Waals surface area contributed by atoms with Gasteiger partial charge >= 0.3 is 0 Å². The summed E-state index contributed by atoms with van der Waals surface area (Å²) in [6.07, 6.45) is 32.8. The molecule has 8 fully saturated rings. The number of rotatable bonds is 33. The Kier molecular flexibility index (Phi) is 35.3. The van der Waals surface area contributed by atoms with E-state index >= 15 is 0 Å². The van der Waals surface area contributed by atoms with Gasteiger partial charge in [-0.25, -0.2) is 8.42 Å². The number of para-hydroxylation sites is 2. The molecule has 6 saturated heterocycles. The molecule has 31 heteroatoms. The molecule has 4 aromatic heterocycles. The van der Waals surface area contributed by atoms with Crippen LogP contribution >= 0.6 is 23.2 Å². The van der Waals surface area contributed by atoms with Crippen LogP contribution in [-0.4, -0.2) is 212 Å². The number of piperidine rings is 6. The number of aryl methyl sites for hydroxylation is 4. The zero-order valence-corrected chi connectivity index (χ0v) is 90.8. The number of halogens is 2. The normalized spacial score (nSPS) is 25.7. The third-order valence-corrected chi connectivity index (χ3v) is 37.9. The number of ketones is 1. The average Bonchev–Trinajstić information content (AvgIpc) is 1.55. The van der Waals surface area contributed by atoms with Crippen molar-refractivity contribution in [2.75, 3.05) is 121 Å². The van der Waals surface area contributed by atoms with Crippen molar-refractivity contribution in [2.24, 2.45) is 86.4 Å². The van der Waals surface area contributed by atoms with E-state index in [-0.39, 0.29) is 86.4 Å². The average molecular weight is 2120 g/mol. The molecule has 12 aliphatic rings. The van der Waals surface area contributed by atoms with Gasteiger partial charge in [-0.2, -0.15) is 8.76 Å². The van der Waals surface area contributed by atoms with Crippen LogP contribution in [0.25, 0.3) is 21.8 Å². The minimum atomic E-state index is -3.73. The fourth-order valence-corrected chi connectivity index (χ4v) is 29.8. The third-order valence-electron chi connectivity index (χ3n) is 33.3. The lowest BCUT2D eigenvalue weighted by Crippen LogP contribution is -3.20. The molecule has 8 aliphatic heterocycles. The summed E-state index contributed by atoms with van der Waals surface area (Å²) in [4.78, 5) is 59.2. The number of allylic oxidation sites excluding steroid dienone is 2. The number of fused-ring (bicyclic) bond motifs is 14. The van der Waals surface area contributed by atoms with Gasteiger partial charge in [-0.05, 0) is 268 Å². The zero-order chi connectivity index (χ0) is 106. The van der Waals surface area contributed by atoms with Crippen LogP contribution in [0.4, 0.5) is 11.4 Å². The first-order valence-corrected chi connectivity index (χ1v) is 57.2. The number of quaternary nitrogens is 1. The number of anilines is 2. The van der Waals surface area contributed by atoms with Gasteiger partial charge in [0.25, 0.3) is 11.8 Å². The van der Waals surface area contributed by atoms with Gasteiger partial charge < -0.3 is 58.4 Å². The fraction of sp³-hybridized carbons (Fsp3) is 0.462. The number of Topliss-reactive ketones (excluding diaryl/α,β-unsaturated/α-hetero) is 1. The van der Waals surface area contributed by atoms with E-state index in [1.54, 1.807) is 69.6 Å². The largest absolute Gasteiger partial charge is 0.857 e. The number of amides is 2. The minimum Gasteiger partial charge on any atom is -0.857 e. The molecule has 3 N–H and O–H groups in total. The highest BCUT2D eigenvalue weighted by atomic mass is 35.5. The van der Waals surface area contributed by atoms with Gasteiger partial charge in [0.1, 0.15) is 29.2 Å². The molecule has 27 nitrogen and oxygen atoms in total. The number of hydrogen-bond acceptors (Lipinski definition) is 21. The van der Waals surface area contributed by atoms with Gasteiger partial charge in [-0.3, -0.25) is 38.6 Å². The number of nitrogens with zero attached hydrogens (tertiary/aromatic N) is 12. The summed E-state index contributed by atoms with van der Waals surface area (Å²) in [5.74, 6) is 1.94. The predicted octanol–water partition coefficient (Wildman–Crippen LogP) is 18.7. The highest BCUT2D eigenvalue weighted by Crippen LogP contribution is 2.52. The third kappa shape index (κ3) is 24.1. The number of aliphatic hydroxyl groups is 2. The molecular formula is C119H145Cl2N13O14S2. The lowest BCUT2D eigenvalue weighted by atomic mass is 9.68. The van der Waals surface area contributed by atoms with Gasteiger partial charge in [-0.15, -0.1) is 54.0 Å². The number of methoxy groups -OCH3 is 4. The van der Waals surface area contributed by atoms with Crippen molar-refractivity contribution in [2.45, 2.75) is 164 Å². The van der Waals surface area contributed by atoms with Crippen LogP contribution in [0, 0.1) is 59.2 Å². The van der Waals surface area contributed by atoms with Gasteiger partial charge in [0.05, 0.1) is 108 Å². The van der Waals surface area contributed by atoms with Crippen LogP contribution in [0.5, 0.6) is 23.3 Å². The van der Waals surface area contributed by atoms with Crippen molar-refractivity contribution in [1.29, 1.82) is 0 Å². The van der Waals surface area contributed by atoms with E-state index in [1.165, 1.54) is 77.6 Å². The Hall–Kier alpha value is -11.5. The second kappa shape index (κ2) is 48.2. The van der Waals surface area contributed by atoms with E-state index in [4.69, 9.17) is 51.6 Å². The molecule has 0 radical (unpaired) electrons. The molecule has 2 amide bonds. The SMILES string of the molecule is C=CC1CN2CCC1CC2[C@H](O)c1ccnc2ccccc12.C=CC1C[NH+]2CCC1CC2[C@H](O)c1ccnc2ccccc12.C=CC[C@H](C)C[S@@](=O)(CC(=O)c1cn(C)nc1OC)=NC(=O)c1ccc2c(c1)N(C[C@@H]1CC[C@H]1[C@H](C=C)OC)C[C@@]1(CCCc3cc(Cl)ccc31)CO2.C=CC[C@H](C)C[S@@](=O)(N=C([O-])c1cn(C)nc1OC)=NC(=O)c1ccc2c(c1)N(C[C@@H]1CC[C@H]1[C@H](C=C)OC)C[C@@]1(CCCc3cc(Cl)ccc31)CO2. The lowest BCUT2D eigenvalue weighted by Gasteiger charge is -2.50. The van der Waals surface area contributed by atoms with Gasteiger partial charge in [-0.1, -0.05) is 122 Å². The van der Waals surface area contributed by atoms with Crippen molar-refractivity contribution in [3.63, 3.8) is 0 Å². The molecule has 150 heavy (non-hydrogen) atoms. The number of hydrogen-bond donors (Lipinski definition) is 3. The zero-order valence-electron chi connectivity index (χ0n) is 87.7. The van der Waals surface area contributed by atoms with Crippen molar-refractivity contribution in [3.8, 4) is 23.3 Å². The van der Waals surface area contributed by atoms with E-state index in [0.29, 0.717) is 104 Å². The molecule has 4 aliphatic carbocycles. The molecule has 10 aromatic rings. The number of aromatic nitrogens is 6. The summed E-state index contributed by atoms with van der Waals surface area (Å²) in [6, 6.07) is 43.6. The van der Waals surface area contributed by atoms with Crippen LogP contribution in [0.1, 0.15) is 186 Å².